The number of carbonyl (C=O) groups excluding carboxylic acids is 1. The van der Waals surface area contributed by atoms with Crippen molar-refractivity contribution in [3.05, 3.63) is 70.5 Å². The van der Waals surface area contributed by atoms with Gasteiger partial charge in [-0.3, -0.25) is 4.79 Å². The zero-order chi connectivity index (χ0) is 15.0. The minimum absolute atomic E-state index is 0.0529. The number of halogens is 1. The number of aryl methyl sites for hydroxylation is 1. The van der Waals surface area contributed by atoms with Gasteiger partial charge >= 0.3 is 0 Å². The van der Waals surface area contributed by atoms with E-state index in [4.69, 9.17) is 5.73 Å². The monoisotopic (exact) mass is 284 g/mol. The van der Waals surface area contributed by atoms with Crippen LogP contribution in [-0.4, -0.2) is 11.9 Å². The summed E-state index contributed by atoms with van der Waals surface area (Å²) in [7, 11) is 0. The molecule has 0 aromatic heterocycles. The Kier molecular flexibility index (Phi) is 3.47. The highest BCUT2D eigenvalue weighted by atomic mass is 19.1. The fraction of sp³-hybridized carbons (Fsp3) is 0.235. The Bertz CT molecular complexity index is 699. The number of nitrogens with one attached hydrogen (secondary N) is 1. The number of hydrogen-bond donors (Lipinski definition) is 2. The van der Waals surface area contributed by atoms with Crippen LogP contribution in [0.5, 0.6) is 0 Å². The standard InChI is InChI=1S/C17H17FN2O/c1-10-6-7-13(14(18)8-10)17(21)20-16-12-5-3-2-4-11(12)9-15(16)19/h2-8,15-16H,9,19H2,1H3,(H,20,21). The molecule has 0 saturated heterocycles. The largest absolute Gasteiger partial charge is 0.344 e. The van der Waals surface area contributed by atoms with Gasteiger partial charge in [-0.05, 0) is 42.2 Å². The van der Waals surface area contributed by atoms with Crippen LogP contribution in [0, 0.1) is 12.7 Å². The van der Waals surface area contributed by atoms with E-state index in [9.17, 15) is 9.18 Å². The molecule has 2 aromatic carbocycles. The molecular formula is C17H17FN2O. The molecule has 21 heavy (non-hydrogen) atoms. The van der Waals surface area contributed by atoms with E-state index in [-0.39, 0.29) is 17.6 Å². The highest BCUT2D eigenvalue weighted by Gasteiger charge is 2.31. The molecule has 1 amide bonds. The third-order valence-corrected chi connectivity index (χ3v) is 3.93. The first-order valence-electron chi connectivity index (χ1n) is 6.96. The number of amides is 1. The predicted octanol–water partition coefficient (Wildman–Crippen LogP) is 2.49. The Morgan fingerprint density at radius 1 is 1.29 bits per heavy atom. The van der Waals surface area contributed by atoms with Crippen LogP contribution in [0.25, 0.3) is 0 Å². The smallest absolute Gasteiger partial charge is 0.254 e. The molecule has 2 atom stereocenters. The van der Waals surface area contributed by atoms with Gasteiger partial charge in [0.15, 0.2) is 0 Å². The van der Waals surface area contributed by atoms with E-state index in [2.05, 4.69) is 5.32 Å². The zero-order valence-corrected chi connectivity index (χ0v) is 11.8. The van der Waals surface area contributed by atoms with Gasteiger partial charge < -0.3 is 11.1 Å². The van der Waals surface area contributed by atoms with Crippen molar-refractivity contribution in [1.29, 1.82) is 0 Å². The van der Waals surface area contributed by atoms with Crippen LogP contribution in [0.2, 0.25) is 0 Å². The maximum atomic E-state index is 13.9. The van der Waals surface area contributed by atoms with Gasteiger partial charge in [0.2, 0.25) is 0 Å². The molecule has 0 bridgehead atoms. The topological polar surface area (TPSA) is 55.1 Å². The minimum atomic E-state index is -0.507. The molecule has 3 nitrogen and oxygen atoms in total. The molecule has 0 radical (unpaired) electrons. The zero-order valence-electron chi connectivity index (χ0n) is 11.8. The molecule has 3 rings (SSSR count). The third-order valence-electron chi connectivity index (χ3n) is 3.93. The summed E-state index contributed by atoms with van der Waals surface area (Å²) in [5, 5.41) is 2.86. The van der Waals surface area contributed by atoms with E-state index in [0.29, 0.717) is 0 Å². The SMILES string of the molecule is Cc1ccc(C(=O)NC2c3ccccc3CC2N)c(F)c1. The van der Waals surface area contributed by atoms with Crippen molar-refractivity contribution in [2.45, 2.75) is 25.4 Å². The van der Waals surface area contributed by atoms with Crippen LogP contribution in [0.1, 0.15) is 33.1 Å². The molecule has 2 aromatic rings. The normalized spacial score (nSPS) is 20.1. The van der Waals surface area contributed by atoms with Crippen molar-refractivity contribution in [2.24, 2.45) is 5.73 Å². The van der Waals surface area contributed by atoms with Crippen LogP contribution in [0.15, 0.2) is 42.5 Å². The van der Waals surface area contributed by atoms with E-state index in [1.807, 2.05) is 24.3 Å². The second-order valence-electron chi connectivity index (χ2n) is 5.50. The fourth-order valence-corrected chi connectivity index (χ4v) is 2.83. The third kappa shape index (κ3) is 2.54. The molecule has 2 unspecified atom stereocenters. The summed E-state index contributed by atoms with van der Waals surface area (Å²) in [6.07, 6.45) is 0.720. The summed E-state index contributed by atoms with van der Waals surface area (Å²) in [6, 6.07) is 12.0. The van der Waals surface area contributed by atoms with E-state index >= 15 is 0 Å². The van der Waals surface area contributed by atoms with Crippen LogP contribution >= 0.6 is 0 Å². The Labute approximate surface area is 123 Å². The van der Waals surface area contributed by atoms with Crippen molar-refractivity contribution in [2.75, 3.05) is 0 Å². The second kappa shape index (κ2) is 5.30. The maximum Gasteiger partial charge on any atom is 0.254 e. The first kappa shape index (κ1) is 13.8. The maximum absolute atomic E-state index is 13.9. The lowest BCUT2D eigenvalue weighted by Crippen LogP contribution is -2.38. The lowest BCUT2D eigenvalue weighted by molar-refractivity contribution is 0.0929. The number of benzene rings is 2. The van der Waals surface area contributed by atoms with E-state index in [1.54, 1.807) is 13.0 Å². The van der Waals surface area contributed by atoms with Crippen molar-refractivity contribution in [1.82, 2.24) is 5.32 Å². The number of carbonyl (C=O) groups is 1. The van der Waals surface area contributed by atoms with Crippen LogP contribution < -0.4 is 11.1 Å². The molecule has 0 heterocycles. The quantitative estimate of drug-likeness (QED) is 0.890. The average Bonchev–Trinajstić information content (AvgIpc) is 2.75. The molecule has 1 aliphatic carbocycles. The Hall–Kier alpha value is -2.20. The summed E-state index contributed by atoms with van der Waals surface area (Å²) < 4.78 is 13.9. The van der Waals surface area contributed by atoms with Gasteiger partial charge in [-0.1, -0.05) is 30.3 Å². The van der Waals surface area contributed by atoms with Crippen molar-refractivity contribution in [3.63, 3.8) is 0 Å². The number of nitrogens with two attached hydrogens (primary N) is 1. The molecule has 3 N–H and O–H groups in total. The average molecular weight is 284 g/mol. The lowest BCUT2D eigenvalue weighted by atomic mass is 10.1. The summed E-state index contributed by atoms with van der Waals surface area (Å²) in [5.74, 6) is -0.933. The second-order valence-corrected chi connectivity index (χ2v) is 5.50. The summed E-state index contributed by atoms with van der Waals surface area (Å²) in [6.45, 7) is 1.79. The van der Waals surface area contributed by atoms with Gasteiger partial charge in [0.1, 0.15) is 5.82 Å². The Morgan fingerprint density at radius 3 is 2.81 bits per heavy atom. The molecule has 0 saturated carbocycles. The van der Waals surface area contributed by atoms with Gasteiger partial charge in [-0.2, -0.15) is 0 Å². The first-order chi connectivity index (χ1) is 10.1. The van der Waals surface area contributed by atoms with Crippen LogP contribution in [0.4, 0.5) is 4.39 Å². The molecular weight excluding hydrogens is 267 g/mol. The molecule has 4 heteroatoms. The predicted molar refractivity (Wildman–Crippen MR) is 79.5 cm³/mol. The van der Waals surface area contributed by atoms with Gasteiger partial charge in [-0.25, -0.2) is 4.39 Å². The van der Waals surface area contributed by atoms with Gasteiger partial charge in [0.25, 0.3) is 5.91 Å². The van der Waals surface area contributed by atoms with Crippen LogP contribution in [0.3, 0.4) is 0 Å². The van der Waals surface area contributed by atoms with Crippen molar-refractivity contribution >= 4 is 5.91 Å². The number of hydrogen-bond acceptors (Lipinski definition) is 2. The Balaban J connectivity index is 1.85. The van der Waals surface area contributed by atoms with Gasteiger partial charge in [0.05, 0.1) is 11.6 Å². The fourth-order valence-electron chi connectivity index (χ4n) is 2.83. The highest BCUT2D eigenvalue weighted by Crippen LogP contribution is 2.30. The molecule has 0 spiro atoms. The number of fused-ring (bicyclic) bond motifs is 1. The molecule has 0 aliphatic heterocycles. The van der Waals surface area contributed by atoms with Gasteiger partial charge in [0, 0.05) is 6.04 Å². The first-order valence-corrected chi connectivity index (χ1v) is 6.96. The minimum Gasteiger partial charge on any atom is -0.344 e. The molecule has 1 aliphatic rings. The van der Waals surface area contributed by atoms with Gasteiger partial charge in [-0.15, -0.1) is 0 Å². The van der Waals surface area contributed by atoms with Crippen molar-refractivity contribution in [3.8, 4) is 0 Å². The Morgan fingerprint density at radius 2 is 2.05 bits per heavy atom. The number of rotatable bonds is 2. The van der Waals surface area contributed by atoms with Crippen LogP contribution in [-0.2, 0) is 6.42 Å². The molecule has 108 valence electrons. The van der Waals surface area contributed by atoms with E-state index in [0.717, 1.165) is 23.1 Å². The van der Waals surface area contributed by atoms with E-state index < -0.39 is 11.7 Å². The summed E-state index contributed by atoms with van der Waals surface area (Å²) >= 11 is 0. The van der Waals surface area contributed by atoms with Crippen molar-refractivity contribution < 1.29 is 9.18 Å². The summed E-state index contributed by atoms with van der Waals surface area (Å²) in [5.41, 5.74) is 9.10. The summed E-state index contributed by atoms with van der Waals surface area (Å²) in [4.78, 5) is 12.3. The highest BCUT2D eigenvalue weighted by molar-refractivity contribution is 5.95. The molecule has 0 fully saturated rings. The lowest BCUT2D eigenvalue weighted by Gasteiger charge is -2.19. The van der Waals surface area contributed by atoms with E-state index in [1.165, 1.54) is 12.1 Å².